The summed E-state index contributed by atoms with van der Waals surface area (Å²) in [5, 5.41) is 4.30. The molecule has 1 atom stereocenters. The largest absolute Gasteiger partial charge is 0.493 e. The van der Waals surface area contributed by atoms with E-state index in [9.17, 15) is 0 Å². The van der Waals surface area contributed by atoms with Crippen molar-refractivity contribution in [1.29, 1.82) is 0 Å². The second-order valence-corrected chi connectivity index (χ2v) is 5.13. The van der Waals surface area contributed by atoms with Gasteiger partial charge in [-0.1, -0.05) is 18.0 Å². The number of halogens is 2. The lowest BCUT2D eigenvalue weighted by atomic mass is 10.0. The van der Waals surface area contributed by atoms with E-state index in [1.807, 2.05) is 25.1 Å². The van der Waals surface area contributed by atoms with Gasteiger partial charge in [-0.25, -0.2) is 0 Å². The van der Waals surface area contributed by atoms with Crippen molar-refractivity contribution >= 4 is 24.0 Å². The number of benzene rings is 1. The minimum atomic E-state index is 0. The zero-order valence-corrected chi connectivity index (χ0v) is 12.3. The van der Waals surface area contributed by atoms with Gasteiger partial charge in [0.25, 0.3) is 0 Å². The summed E-state index contributed by atoms with van der Waals surface area (Å²) in [5.74, 6) is 0.949. The van der Waals surface area contributed by atoms with Crippen molar-refractivity contribution in [3.63, 3.8) is 0 Å². The predicted molar refractivity (Wildman–Crippen MR) is 79.2 cm³/mol. The van der Waals surface area contributed by atoms with Gasteiger partial charge in [0.2, 0.25) is 0 Å². The Labute approximate surface area is 120 Å². The average Bonchev–Trinajstić information content (AvgIpc) is 2.33. The van der Waals surface area contributed by atoms with E-state index in [2.05, 4.69) is 5.32 Å². The third-order valence-corrected chi connectivity index (χ3v) is 3.51. The molecule has 0 spiro atoms. The van der Waals surface area contributed by atoms with Gasteiger partial charge in [-0.3, -0.25) is 0 Å². The van der Waals surface area contributed by atoms with Gasteiger partial charge in [0.05, 0.1) is 6.61 Å². The van der Waals surface area contributed by atoms with Gasteiger partial charge in [-0.05, 0) is 56.5 Å². The van der Waals surface area contributed by atoms with Crippen molar-refractivity contribution in [2.45, 2.75) is 38.6 Å². The summed E-state index contributed by atoms with van der Waals surface area (Å²) in [7, 11) is 0. The minimum absolute atomic E-state index is 0. The van der Waals surface area contributed by atoms with Crippen LogP contribution < -0.4 is 10.1 Å². The van der Waals surface area contributed by atoms with E-state index < -0.39 is 0 Å². The maximum Gasteiger partial charge on any atom is 0.122 e. The Morgan fingerprint density at radius 3 is 2.89 bits per heavy atom. The van der Waals surface area contributed by atoms with Crippen LogP contribution in [0.3, 0.4) is 0 Å². The van der Waals surface area contributed by atoms with Crippen LogP contribution in [0.2, 0.25) is 5.02 Å². The molecule has 18 heavy (non-hydrogen) atoms. The predicted octanol–water partition coefficient (Wildman–Crippen LogP) is 3.98. The van der Waals surface area contributed by atoms with Crippen molar-refractivity contribution in [3.8, 4) is 5.75 Å². The first kappa shape index (κ1) is 15.6. The lowest BCUT2D eigenvalue weighted by molar-refractivity contribution is 0.267. The fourth-order valence-electron chi connectivity index (χ4n) is 2.26. The number of ether oxygens (including phenoxy) is 1. The molecule has 1 saturated heterocycles. The van der Waals surface area contributed by atoms with Crippen LogP contribution in [0.25, 0.3) is 0 Å². The summed E-state index contributed by atoms with van der Waals surface area (Å²) < 4.78 is 5.80. The molecule has 4 heteroatoms. The lowest BCUT2D eigenvalue weighted by Gasteiger charge is -2.23. The Kier molecular flexibility index (Phi) is 6.83. The Hall–Kier alpha value is -0.440. The molecule has 0 amide bonds. The fourth-order valence-corrected chi connectivity index (χ4v) is 2.48. The fraction of sp³-hybridized carbons (Fsp3) is 0.571. The number of nitrogens with one attached hydrogen (secondary N) is 1. The molecular weight excluding hydrogens is 269 g/mol. The molecule has 0 radical (unpaired) electrons. The second kappa shape index (κ2) is 7.88. The molecule has 1 aliphatic heterocycles. The molecular formula is C14H21Cl2NO. The van der Waals surface area contributed by atoms with Gasteiger partial charge in [-0.15, -0.1) is 12.4 Å². The van der Waals surface area contributed by atoms with Crippen molar-refractivity contribution < 1.29 is 4.74 Å². The summed E-state index contributed by atoms with van der Waals surface area (Å²) >= 11 is 5.91. The zero-order chi connectivity index (χ0) is 12.1. The number of piperidine rings is 1. The van der Waals surface area contributed by atoms with Crippen LogP contribution in [0.1, 0.15) is 31.2 Å². The quantitative estimate of drug-likeness (QED) is 0.905. The Morgan fingerprint density at radius 2 is 2.22 bits per heavy atom. The third-order valence-electron chi connectivity index (χ3n) is 3.27. The molecule has 0 aromatic heterocycles. The van der Waals surface area contributed by atoms with Crippen molar-refractivity contribution in [3.05, 3.63) is 28.8 Å². The first-order chi connectivity index (χ1) is 8.25. The highest BCUT2D eigenvalue weighted by Gasteiger charge is 2.12. The summed E-state index contributed by atoms with van der Waals surface area (Å²) in [4.78, 5) is 0. The molecule has 1 heterocycles. The molecule has 1 unspecified atom stereocenters. The highest BCUT2D eigenvalue weighted by molar-refractivity contribution is 6.30. The van der Waals surface area contributed by atoms with Gasteiger partial charge in [-0.2, -0.15) is 0 Å². The van der Waals surface area contributed by atoms with E-state index in [-0.39, 0.29) is 12.4 Å². The second-order valence-electron chi connectivity index (χ2n) is 4.69. The van der Waals surface area contributed by atoms with E-state index >= 15 is 0 Å². The first-order valence-electron chi connectivity index (χ1n) is 6.38. The summed E-state index contributed by atoms with van der Waals surface area (Å²) in [6.07, 6.45) is 5.02. The summed E-state index contributed by atoms with van der Waals surface area (Å²) in [6, 6.07) is 6.40. The molecule has 1 N–H and O–H groups in total. The van der Waals surface area contributed by atoms with Gasteiger partial charge in [0.15, 0.2) is 0 Å². The lowest BCUT2D eigenvalue weighted by Crippen LogP contribution is -2.35. The number of hydrogen-bond donors (Lipinski definition) is 1. The topological polar surface area (TPSA) is 21.3 Å². The molecule has 1 fully saturated rings. The SMILES string of the molecule is Cc1cc(Cl)ccc1OCCC1CCCCN1.Cl. The Balaban J connectivity index is 0.00000162. The van der Waals surface area contributed by atoms with Crippen LogP contribution in [0.4, 0.5) is 0 Å². The highest BCUT2D eigenvalue weighted by Crippen LogP contribution is 2.22. The first-order valence-corrected chi connectivity index (χ1v) is 6.76. The maximum atomic E-state index is 5.91. The number of rotatable bonds is 4. The molecule has 1 aromatic rings. The van der Waals surface area contributed by atoms with Crippen LogP contribution in [0.15, 0.2) is 18.2 Å². The molecule has 2 nitrogen and oxygen atoms in total. The Morgan fingerprint density at radius 1 is 1.39 bits per heavy atom. The van der Waals surface area contributed by atoms with Crippen LogP contribution >= 0.6 is 24.0 Å². The smallest absolute Gasteiger partial charge is 0.122 e. The molecule has 0 aliphatic carbocycles. The van der Waals surface area contributed by atoms with Crippen LogP contribution in [0, 0.1) is 6.92 Å². The van der Waals surface area contributed by atoms with Gasteiger partial charge < -0.3 is 10.1 Å². The van der Waals surface area contributed by atoms with E-state index in [0.29, 0.717) is 6.04 Å². The molecule has 1 aromatic carbocycles. The van der Waals surface area contributed by atoms with E-state index in [1.165, 1.54) is 19.3 Å². The number of aryl methyl sites for hydroxylation is 1. The molecule has 102 valence electrons. The van der Waals surface area contributed by atoms with E-state index in [0.717, 1.165) is 35.9 Å². The summed E-state index contributed by atoms with van der Waals surface area (Å²) in [6.45, 7) is 3.96. The van der Waals surface area contributed by atoms with Gasteiger partial charge in [0.1, 0.15) is 5.75 Å². The van der Waals surface area contributed by atoms with Crippen molar-refractivity contribution in [2.75, 3.05) is 13.2 Å². The molecule has 0 bridgehead atoms. The normalized spacial score (nSPS) is 19.1. The average molecular weight is 290 g/mol. The highest BCUT2D eigenvalue weighted by atomic mass is 35.5. The van der Waals surface area contributed by atoms with Gasteiger partial charge >= 0.3 is 0 Å². The number of hydrogen-bond acceptors (Lipinski definition) is 2. The van der Waals surface area contributed by atoms with Crippen molar-refractivity contribution in [2.24, 2.45) is 0 Å². The zero-order valence-electron chi connectivity index (χ0n) is 10.7. The third kappa shape index (κ3) is 4.68. The molecule has 0 saturated carbocycles. The van der Waals surface area contributed by atoms with Crippen LogP contribution in [0.5, 0.6) is 5.75 Å². The van der Waals surface area contributed by atoms with E-state index in [4.69, 9.17) is 16.3 Å². The minimum Gasteiger partial charge on any atom is -0.493 e. The maximum absolute atomic E-state index is 5.91. The van der Waals surface area contributed by atoms with Crippen LogP contribution in [-0.2, 0) is 0 Å². The molecule has 2 rings (SSSR count). The van der Waals surface area contributed by atoms with Crippen molar-refractivity contribution in [1.82, 2.24) is 5.32 Å². The monoisotopic (exact) mass is 289 g/mol. The van der Waals surface area contributed by atoms with E-state index in [1.54, 1.807) is 0 Å². The van der Waals surface area contributed by atoms with Gasteiger partial charge in [0, 0.05) is 11.1 Å². The Bertz CT molecular complexity index is 365. The van der Waals surface area contributed by atoms with Crippen LogP contribution in [-0.4, -0.2) is 19.2 Å². The summed E-state index contributed by atoms with van der Waals surface area (Å²) in [5.41, 5.74) is 1.11. The molecule has 1 aliphatic rings. The standard InChI is InChI=1S/C14H20ClNO.ClH/c1-11-10-12(15)5-6-14(11)17-9-7-13-4-2-3-8-16-13;/h5-6,10,13,16H,2-4,7-9H2,1H3;1H.